The standard InChI is InChI=1S/C14H18N2O7/c1-2-22-11(19)4-3-9-10-5-14(6-17,7-18)23-8-16(10)13(21)15-12(9)20/h3-4,17-18H,2,5-8H2,1H3,(H,15,20,21)/b4-3+. The fraction of sp³-hybridized carbons (Fsp3) is 0.500. The quantitative estimate of drug-likeness (QED) is 0.437. The van der Waals surface area contributed by atoms with Crippen LogP contribution in [-0.4, -0.2) is 51.2 Å². The molecule has 0 unspecified atom stereocenters. The largest absolute Gasteiger partial charge is 0.463 e. The number of H-pyrrole nitrogens is 1. The second-order valence-corrected chi connectivity index (χ2v) is 5.08. The van der Waals surface area contributed by atoms with E-state index in [1.807, 2.05) is 0 Å². The first kappa shape index (κ1) is 17.1. The lowest BCUT2D eigenvalue weighted by molar-refractivity contribution is -0.149. The normalized spacial score (nSPS) is 16.3. The van der Waals surface area contributed by atoms with Gasteiger partial charge < -0.3 is 19.7 Å². The summed E-state index contributed by atoms with van der Waals surface area (Å²) in [4.78, 5) is 37.4. The molecule has 9 heteroatoms. The summed E-state index contributed by atoms with van der Waals surface area (Å²) in [5.74, 6) is -0.625. The Labute approximate surface area is 130 Å². The Hall–Kier alpha value is -2.23. The number of hydrogen-bond donors (Lipinski definition) is 3. The number of carbonyl (C=O) groups excluding carboxylic acids is 1. The zero-order valence-electron chi connectivity index (χ0n) is 12.6. The van der Waals surface area contributed by atoms with Gasteiger partial charge >= 0.3 is 11.7 Å². The second-order valence-electron chi connectivity index (χ2n) is 5.08. The van der Waals surface area contributed by atoms with Crippen LogP contribution < -0.4 is 11.2 Å². The fourth-order valence-corrected chi connectivity index (χ4v) is 2.28. The van der Waals surface area contributed by atoms with E-state index in [-0.39, 0.29) is 31.0 Å². The Kier molecular flexibility index (Phi) is 5.14. The van der Waals surface area contributed by atoms with Crippen molar-refractivity contribution in [1.82, 2.24) is 9.55 Å². The van der Waals surface area contributed by atoms with Crippen molar-refractivity contribution in [3.05, 3.63) is 38.2 Å². The molecule has 0 atom stereocenters. The highest BCUT2D eigenvalue weighted by Gasteiger charge is 2.36. The zero-order valence-corrected chi connectivity index (χ0v) is 12.6. The molecule has 3 N–H and O–H groups in total. The number of rotatable bonds is 5. The molecule has 0 amide bonds. The van der Waals surface area contributed by atoms with Crippen LogP contribution in [0.2, 0.25) is 0 Å². The van der Waals surface area contributed by atoms with Gasteiger partial charge in [-0.2, -0.15) is 0 Å². The van der Waals surface area contributed by atoms with Crippen molar-refractivity contribution in [2.45, 2.75) is 25.7 Å². The molecule has 0 radical (unpaired) electrons. The number of nitrogens with one attached hydrogen (secondary N) is 1. The second kappa shape index (κ2) is 6.90. The Bertz CT molecular complexity index is 728. The third kappa shape index (κ3) is 3.41. The van der Waals surface area contributed by atoms with Crippen LogP contribution in [0.4, 0.5) is 0 Å². The van der Waals surface area contributed by atoms with Crippen LogP contribution in [0.25, 0.3) is 6.08 Å². The average molecular weight is 326 g/mol. The number of hydrogen-bond acceptors (Lipinski definition) is 7. The minimum absolute atomic E-state index is 0.0539. The maximum Gasteiger partial charge on any atom is 0.330 e. The monoisotopic (exact) mass is 326 g/mol. The molecule has 0 spiro atoms. The summed E-state index contributed by atoms with van der Waals surface area (Å²) in [6.07, 6.45) is 2.27. The van der Waals surface area contributed by atoms with Gasteiger partial charge in [-0.1, -0.05) is 0 Å². The first-order chi connectivity index (χ1) is 11.0. The van der Waals surface area contributed by atoms with Gasteiger partial charge in [0.2, 0.25) is 0 Å². The number of aliphatic hydroxyl groups is 2. The minimum Gasteiger partial charge on any atom is -0.463 e. The lowest BCUT2D eigenvalue weighted by Gasteiger charge is -2.36. The molecule has 9 nitrogen and oxygen atoms in total. The van der Waals surface area contributed by atoms with Gasteiger partial charge in [0.15, 0.2) is 0 Å². The van der Waals surface area contributed by atoms with E-state index in [1.165, 1.54) is 10.6 Å². The van der Waals surface area contributed by atoms with Gasteiger partial charge in [-0.3, -0.25) is 14.3 Å². The Balaban J connectivity index is 2.50. The number of aromatic nitrogens is 2. The molecule has 0 aromatic carbocycles. The third-order valence-corrected chi connectivity index (χ3v) is 3.59. The van der Waals surface area contributed by atoms with Crippen LogP contribution in [0.1, 0.15) is 18.2 Å². The van der Waals surface area contributed by atoms with Crippen molar-refractivity contribution in [1.29, 1.82) is 0 Å². The van der Waals surface area contributed by atoms with Gasteiger partial charge in [-0.15, -0.1) is 0 Å². The van der Waals surface area contributed by atoms with Crippen LogP contribution in [0.5, 0.6) is 0 Å². The van der Waals surface area contributed by atoms with Crippen molar-refractivity contribution in [3.63, 3.8) is 0 Å². The first-order valence-corrected chi connectivity index (χ1v) is 7.03. The molecule has 0 saturated carbocycles. The van der Waals surface area contributed by atoms with E-state index in [9.17, 15) is 24.6 Å². The van der Waals surface area contributed by atoms with Crippen molar-refractivity contribution >= 4 is 12.0 Å². The maximum atomic E-state index is 12.0. The molecular weight excluding hydrogens is 308 g/mol. The number of aromatic amines is 1. The lowest BCUT2D eigenvalue weighted by atomic mass is 9.95. The van der Waals surface area contributed by atoms with Gasteiger partial charge in [0.05, 0.1) is 25.4 Å². The molecular formula is C14H18N2O7. The van der Waals surface area contributed by atoms with E-state index in [1.54, 1.807) is 6.92 Å². The van der Waals surface area contributed by atoms with Gasteiger partial charge in [0, 0.05) is 18.2 Å². The van der Waals surface area contributed by atoms with Gasteiger partial charge in [0.25, 0.3) is 5.56 Å². The van der Waals surface area contributed by atoms with Crippen LogP contribution in [-0.2, 0) is 27.4 Å². The fourth-order valence-electron chi connectivity index (χ4n) is 2.28. The molecule has 1 aliphatic rings. The van der Waals surface area contributed by atoms with Crippen LogP contribution >= 0.6 is 0 Å². The number of aliphatic hydroxyl groups excluding tert-OH is 2. The molecule has 23 heavy (non-hydrogen) atoms. The Morgan fingerprint density at radius 3 is 2.74 bits per heavy atom. The third-order valence-electron chi connectivity index (χ3n) is 3.59. The molecule has 0 aliphatic carbocycles. The predicted octanol–water partition coefficient (Wildman–Crippen LogP) is -1.63. The SMILES string of the molecule is CCOC(=O)/C=C/c1c2n(c(=O)[nH]c1=O)COC(CO)(CO)C2. The first-order valence-electron chi connectivity index (χ1n) is 7.03. The molecule has 0 bridgehead atoms. The number of ether oxygens (including phenoxy) is 2. The van der Waals surface area contributed by atoms with Crippen molar-refractivity contribution in [3.8, 4) is 0 Å². The van der Waals surface area contributed by atoms with Crippen LogP contribution in [0.15, 0.2) is 15.7 Å². The van der Waals surface area contributed by atoms with Crippen molar-refractivity contribution in [2.75, 3.05) is 19.8 Å². The van der Waals surface area contributed by atoms with Crippen molar-refractivity contribution < 1.29 is 24.5 Å². The topological polar surface area (TPSA) is 131 Å². The molecule has 1 aliphatic heterocycles. The van der Waals surface area contributed by atoms with E-state index < -0.39 is 36.0 Å². The molecule has 0 fully saturated rings. The summed E-state index contributed by atoms with van der Waals surface area (Å²) in [6.45, 7) is 0.651. The van der Waals surface area contributed by atoms with E-state index in [4.69, 9.17) is 9.47 Å². The lowest BCUT2D eigenvalue weighted by Crippen LogP contribution is -2.51. The smallest absolute Gasteiger partial charge is 0.330 e. The highest BCUT2D eigenvalue weighted by Crippen LogP contribution is 2.24. The number of nitrogens with zero attached hydrogens (tertiary/aromatic N) is 1. The highest BCUT2D eigenvalue weighted by molar-refractivity contribution is 5.87. The molecule has 0 saturated heterocycles. The van der Waals surface area contributed by atoms with Gasteiger partial charge in [0.1, 0.15) is 12.3 Å². The average Bonchev–Trinajstić information content (AvgIpc) is 2.54. The summed E-state index contributed by atoms with van der Waals surface area (Å²) < 4.78 is 11.3. The summed E-state index contributed by atoms with van der Waals surface area (Å²) in [6, 6.07) is 0. The maximum absolute atomic E-state index is 12.0. The summed E-state index contributed by atoms with van der Waals surface area (Å²) in [5.41, 5.74) is -2.27. The van der Waals surface area contributed by atoms with Crippen LogP contribution in [0.3, 0.4) is 0 Å². The molecule has 1 aromatic rings. The van der Waals surface area contributed by atoms with Gasteiger partial charge in [-0.05, 0) is 13.0 Å². The Morgan fingerprint density at radius 2 is 2.13 bits per heavy atom. The summed E-state index contributed by atoms with van der Waals surface area (Å²) in [7, 11) is 0. The van der Waals surface area contributed by atoms with E-state index in [0.717, 1.165) is 6.08 Å². The Morgan fingerprint density at radius 1 is 1.43 bits per heavy atom. The van der Waals surface area contributed by atoms with Crippen molar-refractivity contribution in [2.24, 2.45) is 0 Å². The molecule has 2 heterocycles. The van der Waals surface area contributed by atoms with E-state index in [2.05, 4.69) is 4.98 Å². The summed E-state index contributed by atoms with van der Waals surface area (Å²) >= 11 is 0. The predicted molar refractivity (Wildman–Crippen MR) is 78.7 cm³/mol. The number of fused-ring (bicyclic) bond motifs is 1. The van der Waals surface area contributed by atoms with E-state index >= 15 is 0 Å². The highest BCUT2D eigenvalue weighted by atomic mass is 16.5. The van der Waals surface area contributed by atoms with Crippen LogP contribution in [0, 0.1) is 0 Å². The molecule has 2 rings (SSSR count). The summed E-state index contributed by atoms with van der Waals surface area (Å²) in [5, 5.41) is 18.9. The van der Waals surface area contributed by atoms with E-state index in [0.29, 0.717) is 0 Å². The van der Waals surface area contributed by atoms with Gasteiger partial charge in [-0.25, -0.2) is 9.59 Å². The molecule has 1 aromatic heterocycles. The minimum atomic E-state index is -1.28. The number of esters is 1. The zero-order chi connectivity index (χ0) is 17.0. The number of carbonyl (C=O) groups is 1. The molecule has 126 valence electrons.